The second kappa shape index (κ2) is 13.5. The summed E-state index contributed by atoms with van der Waals surface area (Å²) in [7, 11) is -2.70. The van der Waals surface area contributed by atoms with Gasteiger partial charge in [-0.3, -0.25) is 5.01 Å². The summed E-state index contributed by atoms with van der Waals surface area (Å²) >= 11 is 0. The van der Waals surface area contributed by atoms with Crippen molar-refractivity contribution in [2.75, 3.05) is 44.5 Å². The maximum atomic E-state index is 13.1. The monoisotopic (exact) mass is 449 g/mol. The van der Waals surface area contributed by atoms with Gasteiger partial charge in [0.2, 0.25) is 0 Å². The van der Waals surface area contributed by atoms with Crippen molar-refractivity contribution in [3.05, 3.63) is 35.9 Å². The fourth-order valence-electron chi connectivity index (χ4n) is 3.70. The number of para-hydroxylation sites is 1. The molecular weight excluding hydrogens is 410 g/mol. The third kappa shape index (κ3) is 7.64. The molecule has 0 unspecified atom stereocenters. The molecule has 2 amide bonds. The van der Waals surface area contributed by atoms with Crippen LogP contribution in [0, 0.1) is 0 Å². The van der Waals surface area contributed by atoms with Gasteiger partial charge in [0.1, 0.15) is 0 Å². The summed E-state index contributed by atoms with van der Waals surface area (Å²) in [5, 5.41) is 1.91. The summed E-state index contributed by atoms with van der Waals surface area (Å²) in [6.07, 6.45) is 6.93. The molecule has 1 aromatic rings. The van der Waals surface area contributed by atoms with Crippen LogP contribution in [0.2, 0.25) is 6.04 Å². The van der Waals surface area contributed by atoms with Crippen LogP contribution in [-0.4, -0.2) is 59.2 Å². The van der Waals surface area contributed by atoms with Crippen LogP contribution in [-0.2, 0) is 13.3 Å². The van der Waals surface area contributed by atoms with Crippen LogP contribution < -0.4 is 10.4 Å². The molecule has 8 heteroatoms. The van der Waals surface area contributed by atoms with Crippen LogP contribution in [0.15, 0.2) is 30.3 Å². The maximum Gasteiger partial charge on any atom is 0.500 e. The van der Waals surface area contributed by atoms with E-state index in [2.05, 4.69) is 30.6 Å². The first-order valence-electron chi connectivity index (χ1n) is 11.6. The highest BCUT2D eigenvalue weighted by atomic mass is 28.4. The molecule has 174 valence electrons. The highest BCUT2D eigenvalue weighted by Crippen LogP contribution is 2.24. The Hall–Kier alpha value is -1.87. The molecule has 0 fully saturated rings. The Morgan fingerprint density at radius 3 is 2.32 bits per heavy atom. The average molecular weight is 450 g/mol. The lowest BCUT2D eigenvalue weighted by Crippen LogP contribution is -2.51. The minimum Gasteiger partial charge on any atom is -0.374 e. The first-order chi connectivity index (χ1) is 15.1. The van der Waals surface area contributed by atoms with Gasteiger partial charge in [-0.05, 0) is 45.2 Å². The molecule has 0 atom stereocenters. The SMILES string of the molecule is CCCCN(CCC[Si](OCC)(OCC)OCC)C(=O)NN1CC=Cc2ccccc21. The molecule has 1 aromatic carbocycles. The number of amides is 2. The third-order valence-corrected chi connectivity index (χ3v) is 8.27. The Labute approximate surface area is 188 Å². The number of fused-ring (bicyclic) bond motifs is 1. The number of hydrogen-bond acceptors (Lipinski definition) is 5. The molecule has 1 aliphatic rings. The number of nitrogens with one attached hydrogen (secondary N) is 1. The van der Waals surface area contributed by atoms with Crippen molar-refractivity contribution in [2.24, 2.45) is 0 Å². The van der Waals surface area contributed by atoms with Gasteiger partial charge in [0.15, 0.2) is 0 Å². The Balaban J connectivity index is 2.00. The zero-order valence-corrected chi connectivity index (χ0v) is 20.6. The number of rotatable bonds is 14. The smallest absolute Gasteiger partial charge is 0.374 e. The average Bonchev–Trinajstić information content (AvgIpc) is 2.77. The van der Waals surface area contributed by atoms with E-state index >= 15 is 0 Å². The van der Waals surface area contributed by atoms with E-state index in [0.29, 0.717) is 39.0 Å². The minimum atomic E-state index is -2.70. The molecule has 31 heavy (non-hydrogen) atoms. The number of carbonyl (C=O) groups excluding carboxylic acids is 1. The number of nitrogens with zero attached hydrogens (tertiary/aromatic N) is 2. The van der Waals surface area contributed by atoms with Gasteiger partial charge in [0, 0.05) is 39.0 Å². The van der Waals surface area contributed by atoms with Crippen LogP contribution in [0.5, 0.6) is 0 Å². The first kappa shape index (κ1) is 25.4. The molecule has 0 aromatic heterocycles. The molecule has 0 radical (unpaired) electrons. The van der Waals surface area contributed by atoms with Crippen molar-refractivity contribution in [3.63, 3.8) is 0 Å². The molecule has 0 saturated heterocycles. The summed E-state index contributed by atoms with van der Waals surface area (Å²) in [5.74, 6) is 0. The lowest BCUT2D eigenvalue weighted by Gasteiger charge is -2.32. The first-order valence-corrected chi connectivity index (χ1v) is 13.5. The molecule has 0 spiro atoms. The van der Waals surface area contributed by atoms with E-state index in [1.54, 1.807) is 0 Å². The highest BCUT2D eigenvalue weighted by Gasteiger charge is 2.40. The van der Waals surface area contributed by atoms with E-state index in [9.17, 15) is 4.79 Å². The molecule has 1 N–H and O–H groups in total. The van der Waals surface area contributed by atoms with Gasteiger partial charge >= 0.3 is 14.8 Å². The molecule has 0 bridgehead atoms. The third-order valence-electron chi connectivity index (χ3n) is 5.12. The predicted octanol–water partition coefficient (Wildman–Crippen LogP) is 4.69. The summed E-state index contributed by atoms with van der Waals surface area (Å²) in [4.78, 5) is 15.0. The second-order valence-corrected chi connectivity index (χ2v) is 10.1. The summed E-state index contributed by atoms with van der Waals surface area (Å²) in [6.45, 7) is 11.7. The minimum absolute atomic E-state index is 0.0740. The Kier molecular flexibility index (Phi) is 11.1. The van der Waals surface area contributed by atoms with Crippen LogP contribution in [0.1, 0.15) is 52.5 Å². The van der Waals surface area contributed by atoms with Gasteiger partial charge in [-0.15, -0.1) is 0 Å². The van der Waals surface area contributed by atoms with Crippen molar-refractivity contribution < 1.29 is 18.1 Å². The molecule has 1 aliphatic heterocycles. The summed E-state index contributed by atoms with van der Waals surface area (Å²) in [5.41, 5.74) is 5.22. The van der Waals surface area contributed by atoms with Crippen molar-refractivity contribution in [1.29, 1.82) is 0 Å². The molecule has 0 aliphatic carbocycles. The van der Waals surface area contributed by atoms with Gasteiger partial charge in [-0.1, -0.05) is 43.7 Å². The molecule has 7 nitrogen and oxygen atoms in total. The Morgan fingerprint density at radius 1 is 1.03 bits per heavy atom. The van der Waals surface area contributed by atoms with E-state index in [0.717, 1.165) is 37.1 Å². The predicted molar refractivity (Wildman–Crippen MR) is 128 cm³/mol. The van der Waals surface area contributed by atoms with Crippen LogP contribution in [0.25, 0.3) is 6.08 Å². The lowest BCUT2D eigenvalue weighted by atomic mass is 10.1. The molecule has 0 saturated carbocycles. The summed E-state index contributed by atoms with van der Waals surface area (Å²) in [6, 6.07) is 8.71. The number of carbonyl (C=O) groups is 1. The number of hydrogen-bond donors (Lipinski definition) is 1. The standard InChI is InChI=1S/C23H39N3O4Si/c1-5-9-17-25(18-13-20-31(28-6-2,29-7-3)30-8-4)23(27)24-26-19-12-15-21-14-10-11-16-22(21)26/h10-12,14-16H,5-9,13,17-20H2,1-4H3,(H,24,27). The van der Waals surface area contributed by atoms with Crippen LogP contribution in [0.4, 0.5) is 10.5 Å². The number of anilines is 1. The number of urea groups is 1. The van der Waals surface area contributed by atoms with Crippen LogP contribution in [0.3, 0.4) is 0 Å². The summed E-state index contributed by atoms with van der Waals surface area (Å²) < 4.78 is 17.9. The Bertz CT molecular complexity index is 684. The van der Waals surface area contributed by atoms with Gasteiger partial charge in [-0.25, -0.2) is 10.2 Å². The Morgan fingerprint density at radius 2 is 1.68 bits per heavy atom. The zero-order valence-electron chi connectivity index (χ0n) is 19.6. The van der Waals surface area contributed by atoms with E-state index in [4.69, 9.17) is 13.3 Å². The van der Waals surface area contributed by atoms with Crippen molar-refractivity contribution in [2.45, 2.75) is 53.0 Å². The van der Waals surface area contributed by atoms with Crippen molar-refractivity contribution in [1.82, 2.24) is 10.3 Å². The quantitative estimate of drug-likeness (QED) is 0.418. The number of hydrazine groups is 1. The maximum absolute atomic E-state index is 13.1. The molecule has 2 rings (SSSR count). The topological polar surface area (TPSA) is 63.3 Å². The fraction of sp³-hybridized carbons (Fsp3) is 0.609. The van der Waals surface area contributed by atoms with Gasteiger partial charge in [0.25, 0.3) is 0 Å². The molecule has 1 heterocycles. The van der Waals surface area contributed by atoms with E-state index < -0.39 is 8.80 Å². The van der Waals surface area contributed by atoms with E-state index in [1.807, 2.05) is 48.9 Å². The highest BCUT2D eigenvalue weighted by molar-refractivity contribution is 6.60. The van der Waals surface area contributed by atoms with Crippen LogP contribution >= 0.6 is 0 Å². The van der Waals surface area contributed by atoms with Gasteiger partial charge in [-0.2, -0.15) is 0 Å². The molecular formula is C23H39N3O4Si. The second-order valence-electron chi connectivity index (χ2n) is 7.41. The number of unbranched alkanes of at least 4 members (excludes halogenated alkanes) is 1. The zero-order chi connectivity index (χ0) is 22.5. The largest absolute Gasteiger partial charge is 0.500 e. The van der Waals surface area contributed by atoms with Gasteiger partial charge in [0.05, 0.1) is 12.2 Å². The normalized spacial score (nSPS) is 13.2. The van der Waals surface area contributed by atoms with Crippen molar-refractivity contribution in [3.8, 4) is 0 Å². The van der Waals surface area contributed by atoms with Gasteiger partial charge < -0.3 is 18.2 Å². The van der Waals surface area contributed by atoms with E-state index in [1.165, 1.54) is 0 Å². The fourth-order valence-corrected chi connectivity index (χ4v) is 6.29. The van der Waals surface area contributed by atoms with E-state index in [-0.39, 0.29) is 6.03 Å². The number of benzene rings is 1. The lowest BCUT2D eigenvalue weighted by molar-refractivity contribution is 0.0700. The van der Waals surface area contributed by atoms with Crippen molar-refractivity contribution >= 4 is 26.6 Å².